The van der Waals surface area contributed by atoms with Crippen molar-refractivity contribution < 1.29 is 4.79 Å². The van der Waals surface area contributed by atoms with Crippen LogP contribution in [0.1, 0.15) is 41.9 Å². The lowest BCUT2D eigenvalue weighted by Crippen LogP contribution is -2.31. The first-order chi connectivity index (χ1) is 11.6. The van der Waals surface area contributed by atoms with Crippen molar-refractivity contribution in [3.05, 3.63) is 72.3 Å². The standard InChI is InChI=1S/C18H21N5O/c1-14(2)23-12-16(11-20-23)18(24)21-17(13-22-10-6-9-19-22)15-7-4-3-5-8-15/h3-12,14,17H,13H2,1-2H3,(H,21,24)/t17-/m0/s1. The quantitative estimate of drug-likeness (QED) is 0.758. The summed E-state index contributed by atoms with van der Waals surface area (Å²) in [6, 6.07) is 11.8. The number of nitrogens with zero attached hydrogens (tertiary/aromatic N) is 4. The van der Waals surface area contributed by atoms with E-state index in [1.165, 1.54) is 0 Å². The van der Waals surface area contributed by atoms with Crippen molar-refractivity contribution in [3.8, 4) is 0 Å². The minimum Gasteiger partial charge on any atom is -0.343 e. The van der Waals surface area contributed by atoms with Crippen LogP contribution >= 0.6 is 0 Å². The van der Waals surface area contributed by atoms with Gasteiger partial charge in [0.1, 0.15) is 0 Å². The molecular weight excluding hydrogens is 302 g/mol. The maximum Gasteiger partial charge on any atom is 0.255 e. The van der Waals surface area contributed by atoms with E-state index in [9.17, 15) is 4.79 Å². The van der Waals surface area contributed by atoms with Crippen molar-refractivity contribution in [2.45, 2.75) is 32.5 Å². The van der Waals surface area contributed by atoms with E-state index < -0.39 is 0 Å². The minimum absolute atomic E-state index is 0.136. The van der Waals surface area contributed by atoms with Crippen LogP contribution in [0.15, 0.2) is 61.2 Å². The third-order valence-corrected chi connectivity index (χ3v) is 3.83. The number of carbonyl (C=O) groups is 1. The van der Waals surface area contributed by atoms with Gasteiger partial charge < -0.3 is 5.32 Å². The molecule has 1 amide bonds. The van der Waals surface area contributed by atoms with Gasteiger partial charge in [0.2, 0.25) is 0 Å². The molecule has 0 bridgehead atoms. The Morgan fingerprint density at radius 2 is 1.96 bits per heavy atom. The lowest BCUT2D eigenvalue weighted by Gasteiger charge is -2.19. The highest BCUT2D eigenvalue weighted by Gasteiger charge is 2.18. The number of carbonyl (C=O) groups excluding carboxylic acids is 1. The molecule has 6 heteroatoms. The molecule has 1 atom stereocenters. The Labute approximate surface area is 141 Å². The van der Waals surface area contributed by atoms with Gasteiger partial charge in [0, 0.05) is 24.6 Å². The molecule has 0 aliphatic rings. The summed E-state index contributed by atoms with van der Waals surface area (Å²) in [6.45, 7) is 4.62. The van der Waals surface area contributed by atoms with Gasteiger partial charge in [-0.15, -0.1) is 0 Å². The van der Waals surface area contributed by atoms with Crippen LogP contribution < -0.4 is 5.32 Å². The fraction of sp³-hybridized carbons (Fsp3) is 0.278. The van der Waals surface area contributed by atoms with E-state index in [0.29, 0.717) is 12.1 Å². The first-order valence-electron chi connectivity index (χ1n) is 8.01. The Balaban J connectivity index is 1.79. The van der Waals surface area contributed by atoms with Gasteiger partial charge in [-0.1, -0.05) is 30.3 Å². The Morgan fingerprint density at radius 3 is 2.58 bits per heavy atom. The SMILES string of the molecule is CC(C)n1cc(C(=O)N[C@@H](Cn2cccn2)c2ccccc2)cn1. The second-order valence-corrected chi connectivity index (χ2v) is 5.97. The third kappa shape index (κ3) is 3.71. The van der Waals surface area contributed by atoms with Crippen molar-refractivity contribution in [1.82, 2.24) is 24.9 Å². The van der Waals surface area contributed by atoms with Gasteiger partial charge in [0.25, 0.3) is 5.91 Å². The number of benzene rings is 1. The highest BCUT2D eigenvalue weighted by atomic mass is 16.1. The molecular formula is C18H21N5O. The molecule has 24 heavy (non-hydrogen) atoms. The molecule has 0 saturated carbocycles. The smallest absolute Gasteiger partial charge is 0.255 e. The molecule has 6 nitrogen and oxygen atoms in total. The predicted octanol–water partition coefficient (Wildman–Crippen LogP) is 2.83. The summed E-state index contributed by atoms with van der Waals surface area (Å²) in [5.74, 6) is -0.136. The van der Waals surface area contributed by atoms with Gasteiger partial charge in [-0.05, 0) is 25.5 Å². The Morgan fingerprint density at radius 1 is 1.17 bits per heavy atom. The van der Waals surface area contributed by atoms with Crippen molar-refractivity contribution in [3.63, 3.8) is 0 Å². The molecule has 0 radical (unpaired) electrons. The first-order valence-corrected chi connectivity index (χ1v) is 8.01. The fourth-order valence-corrected chi connectivity index (χ4v) is 2.49. The predicted molar refractivity (Wildman–Crippen MR) is 91.5 cm³/mol. The van der Waals surface area contributed by atoms with Gasteiger partial charge in [-0.25, -0.2) is 0 Å². The summed E-state index contributed by atoms with van der Waals surface area (Å²) in [4.78, 5) is 12.6. The van der Waals surface area contributed by atoms with Gasteiger partial charge in [0.15, 0.2) is 0 Å². The second-order valence-electron chi connectivity index (χ2n) is 5.97. The molecule has 0 spiro atoms. The van der Waals surface area contributed by atoms with Crippen LogP contribution in [0.25, 0.3) is 0 Å². The molecule has 2 heterocycles. The molecule has 0 aliphatic carbocycles. The van der Waals surface area contributed by atoms with E-state index in [0.717, 1.165) is 5.56 Å². The normalized spacial score (nSPS) is 12.3. The number of amides is 1. The van der Waals surface area contributed by atoms with Gasteiger partial charge in [-0.3, -0.25) is 14.2 Å². The zero-order valence-corrected chi connectivity index (χ0v) is 13.8. The number of hydrogen-bond acceptors (Lipinski definition) is 3. The second kappa shape index (κ2) is 7.12. The number of rotatable bonds is 6. The molecule has 0 fully saturated rings. The topological polar surface area (TPSA) is 64.7 Å². The van der Waals surface area contributed by atoms with E-state index in [2.05, 4.69) is 15.5 Å². The Bertz CT molecular complexity index is 777. The lowest BCUT2D eigenvalue weighted by atomic mass is 10.1. The van der Waals surface area contributed by atoms with Gasteiger partial charge in [0.05, 0.1) is 24.3 Å². The molecule has 0 saturated heterocycles. The largest absolute Gasteiger partial charge is 0.343 e. The maximum absolute atomic E-state index is 12.6. The fourth-order valence-electron chi connectivity index (χ4n) is 2.49. The highest BCUT2D eigenvalue weighted by molar-refractivity contribution is 5.93. The molecule has 3 rings (SSSR count). The van der Waals surface area contributed by atoms with E-state index in [1.54, 1.807) is 23.3 Å². The average Bonchev–Trinajstić information content (AvgIpc) is 3.26. The van der Waals surface area contributed by atoms with Crippen LogP contribution in [-0.2, 0) is 6.54 Å². The van der Waals surface area contributed by atoms with Crippen LogP contribution in [0.3, 0.4) is 0 Å². The zero-order valence-electron chi connectivity index (χ0n) is 13.8. The van der Waals surface area contributed by atoms with Crippen molar-refractivity contribution in [2.24, 2.45) is 0 Å². The summed E-state index contributed by atoms with van der Waals surface area (Å²) >= 11 is 0. The van der Waals surface area contributed by atoms with Gasteiger partial charge in [-0.2, -0.15) is 10.2 Å². The molecule has 3 aromatic rings. The van der Waals surface area contributed by atoms with Crippen molar-refractivity contribution in [2.75, 3.05) is 0 Å². The Hall–Kier alpha value is -2.89. The van der Waals surface area contributed by atoms with Crippen LogP contribution in [0.5, 0.6) is 0 Å². The summed E-state index contributed by atoms with van der Waals surface area (Å²) in [5.41, 5.74) is 1.60. The average molecular weight is 323 g/mol. The van der Waals surface area contributed by atoms with E-state index in [-0.39, 0.29) is 18.0 Å². The van der Waals surface area contributed by atoms with Crippen LogP contribution in [0.4, 0.5) is 0 Å². The van der Waals surface area contributed by atoms with Gasteiger partial charge >= 0.3 is 0 Å². The highest BCUT2D eigenvalue weighted by Crippen LogP contribution is 2.16. The minimum atomic E-state index is -0.166. The van der Waals surface area contributed by atoms with Crippen LogP contribution in [-0.4, -0.2) is 25.5 Å². The summed E-state index contributed by atoms with van der Waals surface area (Å²) < 4.78 is 3.59. The molecule has 0 aliphatic heterocycles. The van der Waals surface area contributed by atoms with Crippen molar-refractivity contribution in [1.29, 1.82) is 0 Å². The summed E-state index contributed by atoms with van der Waals surface area (Å²) in [6.07, 6.45) is 7.00. The number of hydrogen-bond donors (Lipinski definition) is 1. The lowest BCUT2D eigenvalue weighted by molar-refractivity contribution is 0.0931. The van der Waals surface area contributed by atoms with E-state index >= 15 is 0 Å². The molecule has 0 unspecified atom stereocenters. The van der Waals surface area contributed by atoms with Crippen LogP contribution in [0.2, 0.25) is 0 Å². The first kappa shape index (κ1) is 16.0. The summed E-state index contributed by atoms with van der Waals surface area (Å²) in [5, 5.41) is 11.6. The molecule has 1 aromatic carbocycles. The number of nitrogens with one attached hydrogen (secondary N) is 1. The third-order valence-electron chi connectivity index (χ3n) is 3.83. The van der Waals surface area contributed by atoms with E-state index in [1.807, 2.05) is 61.1 Å². The van der Waals surface area contributed by atoms with Crippen molar-refractivity contribution >= 4 is 5.91 Å². The maximum atomic E-state index is 12.6. The molecule has 2 aromatic heterocycles. The molecule has 1 N–H and O–H groups in total. The Kier molecular flexibility index (Phi) is 4.74. The summed E-state index contributed by atoms with van der Waals surface area (Å²) in [7, 11) is 0. The zero-order chi connectivity index (χ0) is 16.9. The molecule has 124 valence electrons. The monoisotopic (exact) mass is 323 g/mol. The van der Waals surface area contributed by atoms with Crippen LogP contribution in [0, 0.1) is 0 Å². The number of aromatic nitrogens is 4. The van der Waals surface area contributed by atoms with E-state index in [4.69, 9.17) is 0 Å².